The maximum atomic E-state index is 9.27. The van der Waals surface area contributed by atoms with Gasteiger partial charge in [-0.05, 0) is 49.2 Å². The molecule has 1 N–H and O–H groups in total. The molecule has 0 saturated heterocycles. The Hall–Kier alpha value is -1.87. The molecule has 0 radical (unpaired) electrons. The molecule has 0 bridgehead atoms. The molecule has 1 heterocycles. The molecule has 18 heavy (non-hydrogen) atoms. The van der Waals surface area contributed by atoms with E-state index in [0.29, 0.717) is 6.61 Å². The van der Waals surface area contributed by atoms with Crippen LogP contribution < -0.4 is 4.74 Å². The van der Waals surface area contributed by atoms with Gasteiger partial charge < -0.3 is 9.84 Å². The van der Waals surface area contributed by atoms with Gasteiger partial charge in [0.15, 0.2) is 0 Å². The summed E-state index contributed by atoms with van der Waals surface area (Å²) in [5.74, 6) is 0.777. The van der Waals surface area contributed by atoms with Crippen molar-refractivity contribution in [2.24, 2.45) is 0 Å². The third-order valence-electron chi connectivity index (χ3n) is 2.70. The number of pyridine rings is 1. The van der Waals surface area contributed by atoms with Gasteiger partial charge in [-0.2, -0.15) is 0 Å². The second kappa shape index (κ2) is 5.65. The summed E-state index contributed by atoms with van der Waals surface area (Å²) >= 11 is 0. The van der Waals surface area contributed by atoms with Gasteiger partial charge in [0.25, 0.3) is 0 Å². The normalized spacial score (nSPS) is 10.4. The van der Waals surface area contributed by atoms with E-state index in [-0.39, 0.29) is 6.61 Å². The number of aliphatic hydroxyl groups is 1. The molecule has 0 unspecified atom stereocenters. The van der Waals surface area contributed by atoms with Crippen LogP contribution in [0.3, 0.4) is 0 Å². The monoisotopic (exact) mass is 243 g/mol. The summed E-state index contributed by atoms with van der Waals surface area (Å²) in [4.78, 5) is 4.28. The number of hydrogen-bond acceptors (Lipinski definition) is 3. The van der Waals surface area contributed by atoms with Crippen LogP contribution in [0.1, 0.15) is 18.2 Å². The zero-order valence-corrected chi connectivity index (χ0v) is 10.7. The van der Waals surface area contributed by atoms with Gasteiger partial charge in [-0.1, -0.05) is 6.07 Å². The number of benzene rings is 1. The summed E-state index contributed by atoms with van der Waals surface area (Å²) in [6.07, 6.45) is 1.83. The number of aliphatic hydroxyl groups excluding tert-OH is 1. The first kappa shape index (κ1) is 12.6. The lowest BCUT2D eigenvalue weighted by Crippen LogP contribution is -1.94. The number of aromatic nitrogens is 1. The average molecular weight is 243 g/mol. The van der Waals surface area contributed by atoms with Crippen LogP contribution >= 0.6 is 0 Å². The molecule has 1 aromatic carbocycles. The lowest BCUT2D eigenvalue weighted by atomic mass is 10.0. The third kappa shape index (κ3) is 2.87. The van der Waals surface area contributed by atoms with Crippen LogP contribution in [-0.4, -0.2) is 16.7 Å². The molecular weight excluding hydrogens is 226 g/mol. The first-order valence-corrected chi connectivity index (χ1v) is 6.03. The van der Waals surface area contributed by atoms with Gasteiger partial charge in [0.2, 0.25) is 0 Å². The van der Waals surface area contributed by atoms with E-state index in [9.17, 15) is 5.11 Å². The van der Waals surface area contributed by atoms with E-state index in [4.69, 9.17) is 4.74 Å². The minimum atomic E-state index is 0.00715. The Morgan fingerprint density at radius 3 is 2.61 bits per heavy atom. The predicted octanol–water partition coefficient (Wildman–Crippen LogP) is 2.95. The molecule has 2 aromatic rings. The lowest BCUT2D eigenvalue weighted by Gasteiger charge is -2.09. The van der Waals surface area contributed by atoms with E-state index >= 15 is 0 Å². The van der Waals surface area contributed by atoms with E-state index in [1.165, 1.54) is 0 Å². The highest BCUT2D eigenvalue weighted by Crippen LogP contribution is 2.26. The van der Waals surface area contributed by atoms with Crippen LogP contribution in [-0.2, 0) is 6.61 Å². The Morgan fingerprint density at radius 2 is 2.00 bits per heavy atom. The first-order chi connectivity index (χ1) is 8.72. The number of nitrogens with zero attached hydrogens (tertiary/aromatic N) is 1. The van der Waals surface area contributed by atoms with E-state index in [0.717, 1.165) is 28.1 Å². The molecule has 0 saturated carbocycles. The zero-order valence-electron chi connectivity index (χ0n) is 10.7. The van der Waals surface area contributed by atoms with E-state index < -0.39 is 0 Å². The summed E-state index contributed by atoms with van der Waals surface area (Å²) in [5, 5.41) is 9.27. The maximum Gasteiger partial charge on any atom is 0.120 e. The van der Waals surface area contributed by atoms with Gasteiger partial charge in [0, 0.05) is 17.5 Å². The van der Waals surface area contributed by atoms with E-state index in [2.05, 4.69) is 4.98 Å². The van der Waals surface area contributed by atoms with Crippen LogP contribution in [0.4, 0.5) is 0 Å². The fourth-order valence-electron chi connectivity index (χ4n) is 1.81. The molecule has 1 aromatic heterocycles. The maximum absolute atomic E-state index is 9.27. The zero-order chi connectivity index (χ0) is 13.0. The SMILES string of the molecule is CCOc1cc(CO)cc(-c2ccc(C)nc2)c1. The highest BCUT2D eigenvalue weighted by Gasteiger charge is 2.04. The molecular formula is C15H17NO2. The Bertz CT molecular complexity index is 521. The standard InChI is InChI=1S/C15H17NO2/c1-3-18-15-7-12(10-17)6-14(8-15)13-5-4-11(2)16-9-13/h4-9,17H,3,10H2,1-2H3. The minimum Gasteiger partial charge on any atom is -0.494 e. The third-order valence-corrected chi connectivity index (χ3v) is 2.70. The highest BCUT2D eigenvalue weighted by molar-refractivity contribution is 5.65. The summed E-state index contributed by atoms with van der Waals surface area (Å²) < 4.78 is 5.50. The molecule has 0 spiro atoms. The van der Waals surface area contributed by atoms with Gasteiger partial charge in [-0.3, -0.25) is 4.98 Å². The quantitative estimate of drug-likeness (QED) is 0.897. The van der Waals surface area contributed by atoms with Crippen LogP contribution in [0.25, 0.3) is 11.1 Å². The van der Waals surface area contributed by atoms with Gasteiger partial charge >= 0.3 is 0 Å². The number of rotatable bonds is 4. The van der Waals surface area contributed by atoms with Crippen LogP contribution in [0.15, 0.2) is 36.5 Å². The molecule has 0 aliphatic carbocycles. The van der Waals surface area contributed by atoms with Crippen molar-refractivity contribution in [2.45, 2.75) is 20.5 Å². The van der Waals surface area contributed by atoms with Gasteiger partial charge in [0.1, 0.15) is 5.75 Å². The molecule has 2 rings (SSSR count). The highest BCUT2D eigenvalue weighted by atomic mass is 16.5. The van der Waals surface area contributed by atoms with Gasteiger partial charge in [-0.15, -0.1) is 0 Å². The minimum absolute atomic E-state index is 0.00715. The Labute approximate surface area is 107 Å². The smallest absolute Gasteiger partial charge is 0.120 e. The fraction of sp³-hybridized carbons (Fsp3) is 0.267. The van der Waals surface area contributed by atoms with Crippen LogP contribution in [0.2, 0.25) is 0 Å². The molecule has 94 valence electrons. The Kier molecular flexibility index (Phi) is 3.95. The largest absolute Gasteiger partial charge is 0.494 e. The van der Waals surface area contributed by atoms with E-state index in [1.807, 2.05) is 50.4 Å². The molecule has 3 heteroatoms. The molecule has 0 fully saturated rings. The second-order valence-electron chi connectivity index (χ2n) is 4.15. The van der Waals surface area contributed by atoms with Crippen molar-refractivity contribution in [3.8, 4) is 16.9 Å². The first-order valence-electron chi connectivity index (χ1n) is 6.03. The van der Waals surface area contributed by atoms with Gasteiger partial charge in [0.05, 0.1) is 13.2 Å². The van der Waals surface area contributed by atoms with Crippen molar-refractivity contribution in [3.63, 3.8) is 0 Å². The molecule has 0 atom stereocenters. The van der Waals surface area contributed by atoms with Crippen molar-refractivity contribution in [1.29, 1.82) is 0 Å². The van der Waals surface area contributed by atoms with Crippen molar-refractivity contribution in [3.05, 3.63) is 47.8 Å². The van der Waals surface area contributed by atoms with Crippen molar-refractivity contribution in [2.75, 3.05) is 6.61 Å². The lowest BCUT2D eigenvalue weighted by molar-refractivity contribution is 0.280. The molecule has 0 aliphatic heterocycles. The van der Waals surface area contributed by atoms with Crippen molar-refractivity contribution in [1.82, 2.24) is 4.98 Å². The Balaban J connectivity index is 2.42. The van der Waals surface area contributed by atoms with Crippen LogP contribution in [0.5, 0.6) is 5.75 Å². The summed E-state index contributed by atoms with van der Waals surface area (Å²) in [6.45, 7) is 4.52. The summed E-state index contributed by atoms with van der Waals surface area (Å²) in [7, 11) is 0. The molecule has 0 aliphatic rings. The number of aryl methyl sites for hydroxylation is 1. The topological polar surface area (TPSA) is 42.4 Å². The fourth-order valence-corrected chi connectivity index (χ4v) is 1.81. The molecule has 3 nitrogen and oxygen atoms in total. The average Bonchev–Trinajstić information content (AvgIpc) is 2.39. The Morgan fingerprint density at radius 1 is 1.17 bits per heavy atom. The summed E-state index contributed by atoms with van der Waals surface area (Å²) in [5.41, 5.74) is 3.87. The second-order valence-corrected chi connectivity index (χ2v) is 4.15. The summed E-state index contributed by atoms with van der Waals surface area (Å²) in [6, 6.07) is 9.77. The molecule has 0 amide bonds. The predicted molar refractivity (Wildman–Crippen MR) is 71.5 cm³/mol. The van der Waals surface area contributed by atoms with E-state index in [1.54, 1.807) is 0 Å². The van der Waals surface area contributed by atoms with Crippen molar-refractivity contribution < 1.29 is 9.84 Å². The van der Waals surface area contributed by atoms with Gasteiger partial charge in [-0.25, -0.2) is 0 Å². The van der Waals surface area contributed by atoms with Crippen molar-refractivity contribution >= 4 is 0 Å². The van der Waals surface area contributed by atoms with Crippen LogP contribution in [0, 0.1) is 6.92 Å². The number of ether oxygens (including phenoxy) is 1. The number of hydrogen-bond donors (Lipinski definition) is 1.